The van der Waals surface area contributed by atoms with E-state index in [1.54, 1.807) is 0 Å². The third kappa shape index (κ3) is 3.90. The topological polar surface area (TPSA) is 9.23 Å². The zero-order chi connectivity index (χ0) is 17.5. The number of aryl methyl sites for hydroxylation is 1. The van der Waals surface area contributed by atoms with Gasteiger partial charge in [0.25, 0.3) is 0 Å². The molecule has 0 aromatic heterocycles. The third-order valence-corrected chi connectivity index (χ3v) is 4.70. The Bertz CT molecular complexity index is 683. The minimum atomic E-state index is 0.623. The van der Waals surface area contributed by atoms with Gasteiger partial charge in [0, 0.05) is 0 Å². The number of hydrogen-bond donors (Lipinski definition) is 0. The number of ether oxygens (including phenoxy) is 1. The van der Waals surface area contributed by atoms with Gasteiger partial charge in [0.05, 0.1) is 0 Å². The average molecular weight is 322 g/mol. The van der Waals surface area contributed by atoms with Crippen molar-refractivity contribution in [1.29, 1.82) is 0 Å². The highest BCUT2D eigenvalue weighted by Gasteiger charge is 2.17. The van der Waals surface area contributed by atoms with Crippen LogP contribution in [0.4, 0.5) is 0 Å². The van der Waals surface area contributed by atoms with E-state index in [0.717, 1.165) is 31.4 Å². The smallest absolute Gasteiger partial charge is 0.126 e. The van der Waals surface area contributed by atoms with Gasteiger partial charge in [-0.15, -0.1) is 0 Å². The van der Waals surface area contributed by atoms with Gasteiger partial charge in [-0.2, -0.15) is 0 Å². The molecular formula is C23H30O. The van der Waals surface area contributed by atoms with Gasteiger partial charge in [0.1, 0.15) is 12.4 Å². The first-order chi connectivity index (χ1) is 11.7. The summed E-state index contributed by atoms with van der Waals surface area (Å²) in [7, 11) is 0. The van der Waals surface area contributed by atoms with Crippen LogP contribution in [0.15, 0.2) is 43.0 Å². The quantitative estimate of drug-likeness (QED) is 0.548. The molecule has 0 radical (unpaired) electrons. The number of rotatable bonds is 8. The van der Waals surface area contributed by atoms with Crippen LogP contribution in [0.25, 0.3) is 5.57 Å². The maximum atomic E-state index is 6.32. The second-order valence-corrected chi connectivity index (χ2v) is 6.16. The van der Waals surface area contributed by atoms with Gasteiger partial charge < -0.3 is 4.74 Å². The van der Waals surface area contributed by atoms with Crippen LogP contribution in [0, 0.1) is 0 Å². The molecule has 0 bridgehead atoms. The first kappa shape index (κ1) is 18.3. The molecule has 2 aromatic rings. The van der Waals surface area contributed by atoms with Crippen LogP contribution in [-0.2, 0) is 25.9 Å². The van der Waals surface area contributed by atoms with Crippen molar-refractivity contribution in [2.24, 2.45) is 0 Å². The summed E-state index contributed by atoms with van der Waals surface area (Å²) in [6, 6.07) is 12.7. The van der Waals surface area contributed by atoms with Crippen LogP contribution in [0.1, 0.15) is 61.9 Å². The molecule has 0 spiro atoms. The summed E-state index contributed by atoms with van der Waals surface area (Å²) in [4.78, 5) is 0. The van der Waals surface area contributed by atoms with Crippen LogP contribution < -0.4 is 4.74 Å². The lowest BCUT2D eigenvalue weighted by molar-refractivity contribution is 0.299. The van der Waals surface area contributed by atoms with E-state index in [0.29, 0.717) is 6.61 Å². The maximum absolute atomic E-state index is 6.32. The molecule has 0 aliphatic rings. The standard InChI is InChI=1S/C23H30O/c1-6-17(5)22-15-19(7-2)23(21(9-4)20(22)8-3)24-16-18-13-11-10-12-14-18/h10-15H,5-9,16H2,1-4H3. The van der Waals surface area contributed by atoms with Crippen molar-refractivity contribution < 1.29 is 4.74 Å². The van der Waals surface area contributed by atoms with Gasteiger partial charge in [0.2, 0.25) is 0 Å². The Morgan fingerprint density at radius 3 is 2.12 bits per heavy atom. The van der Waals surface area contributed by atoms with Gasteiger partial charge >= 0.3 is 0 Å². The summed E-state index contributed by atoms with van der Waals surface area (Å²) >= 11 is 0. The number of benzene rings is 2. The SMILES string of the molecule is C=C(CC)c1cc(CC)c(OCc2ccccc2)c(CC)c1CC. The van der Waals surface area contributed by atoms with Gasteiger partial charge in [-0.25, -0.2) is 0 Å². The summed E-state index contributed by atoms with van der Waals surface area (Å²) in [5.74, 6) is 1.09. The largest absolute Gasteiger partial charge is 0.488 e. The van der Waals surface area contributed by atoms with Crippen molar-refractivity contribution in [3.8, 4) is 5.75 Å². The van der Waals surface area contributed by atoms with Crippen LogP contribution in [0.3, 0.4) is 0 Å². The molecule has 0 heterocycles. The Morgan fingerprint density at radius 2 is 1.58 bits per heavy atom. The number of allylic oxidation sites excluding steroid dienone is 1. The molecule has 0 saturated carbocycles. The van der Waals surface area contributed by atoms with Crippen molar-refractivity contribution in [3.05, 3.63) is 70.8 Å². The molecule has 0 saturated heterocycles. The highest BCUT2D eigenvalue weighted by atomic mass is 16.5. The Labute approximate surface area is 147 Å². The summed E-state index contributed by atoms with van der Waals surface area (Å²) in [6.45, 7) is 13.7. The zero-order valence-corrected chi connectivity index (χ0v) is 15.6. The molecule has 0 aliphatic carbocycles. The fraction of sp³-hybridized carbons (Fsp3) is 0.391. The van der Waals surface area contributed by atoms with E-state index in [9.17, 15) is 0 Å². The van der Waals surface area contributed by atoms with Crippen LogP contribution in [0.5, 0.6) is 5.75 Å². The second-order valence-electron chi connectivity index (χ2n) is 6.16. The molecule has 0 N–H and O–H groups in total. The molecule has 2 rings (SSSR count). The Hall–Kier alpha value is -2.02. The van der Waals surface area contributed by atoms with E-state index in [4.69, 9.17) is 4.74 Å². The molecule has 0 fully saturated rings. The van der Waals surface area contributed by atoms with Crippen molar-refractivity contribution in [1.82, 2.24) is 0 Å². The first-order valence-corrected chi connectivity index (χ1v) is 9.18. The highest BCUT2D eigenvalue weighted by molar-refractivity contribution is 5.70. The fourth-order valence-electron chi connectivity index (χ4n) is 3.28. The predicted molar refractivity (Wildman–Crippen MR) is 105 cm³/mol. The van der Waals surface area contributed by atoms with Crippen molar-refractivity contribution in [2.45, 2.75) is 60.0 Å². The monoisotopic (exact) mass is 322 g/mol. The molecular weight excluding hydrogens is 292 g/mol. The number of hydrogen-bond acceptors (Lipinski definition) is 1. The van der Waals surface area contributed by atoms with Crippen LogP contribution >= 0.6 is 0 Å². The van der Waals surface area contributed by atoms with Gasteiger partial charge in [-0.3, -0.25) is 0 Å². The van der Waals surface area contributed by atoms with E-state index in [-0.39, 0.29) is 0 Å². The van der Waals surface area contributed by atoms with Crippen molar-refractivity contribution in [2.75, 3.05) is 0 Å². The van der Waals surface area contributed by atoms with E-state index in [1.807, 2.05) is 6.07 Å². The molecule has 0 amide bonds. The van der Waals surface area contributed by atoms with Gasteiger partial charge in [0.15, 0.2) is 0 Å². The Balaban J connectivity index is 2.47. The molecule has 1 nitrogen and oxygen atoms in total. The summed E-state index contributed by atoms with van der Waals surface area (Å²) in [5.41, 5.74) is 7.83. The molecule has 128 valence electrons. The molecule has 0 unspecified atom stereocenters. The lowest BCUT2D eigenvalue weighted by atomic mass is 9.88. The summed E-state index contributed by atoms with van der Waals surface area (Å²) in [6.07, 6.45) is 3.98. The highest BCUT2D eigenvalue weighted by Crippen LogP contribution is 2.35. The van der Waals surface area contributed by atoms with Crippen molar-refractivity contribution >= 4 is 5.57 Å². The second kappa shape index (κ2) is 8.73. The minimum absolute atomic E-state index is 0.623. The van der Waals surface area contributed by atoms with E-state index < -0.39 is 0 Å². The lowest BCUT2D eigenvalue weighted by Gasteiger charge is -2.22. The van der Waals surface area contributed by atoms with Gasteiger partial charge in [-0.1, -0.05) is 64.6 Å². The molecule has 2 aromatic carbocycles. The summed E-state index contributed by atoms with van der Waals surface area (Å²) < 4.78 is 6.32. The van der Waals surface area contributed by atoms with E-state index in [2.05, 4.69) is 64.6 Å². The minimum Gasteiger partial charge on any atom is -0.488 e. The van der Waals surface area contributed by atoms with E-state index in [1.165, 1.54) is 33.4 Å². The van der Waals surface area contributed by atoms with Crippen LogP contribution in [0.2, 0.25) is 0 Å². The Morgan fingerprint density at radius 1 is 0.917 bits per heavy atom. The maximum Gasteiger partial charge on any atom is 0.126 e. The third-order valence-electron chi connectivity index (χ3n) is 4.70. The molecule has 1 heteroatoms. The normalized spacial score (nSPS) is 10.7. The molecule has 24 heavy (non-hydrogen) atoms. The average Bonchev–Trinajstić information content (AvgIpc) is 2.64. The lowest BCUT2D eigenvalue weighted by Crippen LogP contribution is -2.07. The summed E-state index contributed by atoms with van der Waals surface area (Å²) in [5, 5.41) is 0. The fourth-order valence-corrected chi connectivity index (χ4v) is 3.28. The van der Waals surface area contributed by atoms with E-state index >= 15 is 0 Å². The zero-order valence-electron chi connectivity index (χ0n) is 15.6. The molecule has 0 atom stereocenters. The van der Waals surface area contributed by atoms with Crippen LogP contribution in [-0.4, -0.2) is 0 Å². The van der Waals surface area contributed by atoms with Crippen molar-refractivity contribution in [3.63, 3.8) is 0 Å². The molecule has 0 aliphatic heterocycles. The first-order valence-electron chi connectivity index (χ1n) is 9.18. The predicted octanol–water partition coefficient (Wildman–Crippen LogP) is 6.38. The van der Waals surface area contributed by atoms with Gasteiger partial charge in [-0.05, 0) is 65.1 Å². The Kier molecular flexibility index (Phi) is 6.66.